The number of nitrogens with zero attached hydrogens (tertiary/aromatic N) is 1. The Morgan fingerprint density at radius 3 is 2.18 bits per heavy atom. The van der Waals surface area contributed by atoms with Crippen LogP contribution in [0.3, 0.4) is 0 Å². The molecule has 2 aromatic carbocycles. The fourth-order valence-electron chi connectivity index (χ4n) is 3.91. The highest BCUT2D eigenvalue weighted by molar-refractivity contribution is 7.92. The Morgan fingerprint density at radius 1 is 0.970 bits per heavy atom. The first-order valence-corrected chi connectivity index (χ1v) is 12.6. The van der Waals surface area contributed by atoms with Crippen molar-refractivity contribution in [2.24, 2.45) is 0 Å². The zero-order valence-corrected chi connectivity index (χ0v) is 20.5. The number of rotatable bonds is 8. The summed E-state index contributed by atoms with van der Waals surface area (Å²) >= 11 is 6.18. The lowest BCUT2D eigenvalue weighted by Gasteiger charge is -2.23. The summed E-state index contributed by atoms with van der Waals surface area (Å²) in [5, 5.41) is 3.25. The van der Waals surface area contributed by atoms with E-state index in [9.17, 15) is 13.2 Å². The Bertz CT molecular complexity index is 1080. The molecule has 33 heavy (non-hydrogen) atoms. The van der Waals surface area contributed by atoms with Gasteiger partial charge in [0.15, 0.2) is 0 Å². The number of methoxy groups -OCH3 is 2. The van der Waals surface area contributed by atoms with E-state index in [1.807, 2.05) is 0 Å². The van der Waals surface area contributed by atoms with E-state index in [1.54, 1.807) is 6.07 Å². The molecule has 1 saturated carbocycles. The Hall–Kier alpha value is -2.49. The van der Waals surface area contributed by atoms with E-state index in [0.717, 1.165) is 30.2 Å². The molecule has 2 aromatic rings. The van der Waals surface area contributed by atoms with Gasteiger partial charge in [-0.05, 0) is 49.2 Å². The number of benzene rings is 2. The molecule has 0 radical (unpaired) electrons. The van der Waals surface area contributed by atoms with E-state index < -0.39 is 10.0 Å². The first-order valence-electron chi connectivity index (χ1n) is 10.7. The van der Waals surface area contributed by atoms with Crippen LogP contribution in [0.2, 0.25) is 5.02 Å². The number of carbonyl (C=O) groups excluding carboxylic acids is 1. The molecule has 180 valence electrons. The highest BCUT2D eigenvalue weighted by Gasteiger charge is 2.30. The Morgan fingerprint density at radius 2 is 1.61 bits per heavy atom. The van der Waals surface area contributed by atoms with Crippen LogP contribution in [-0.2, 0) is 14.9 Å². The normalized spacial score (nSPS) is 14.9. The molecule has 0 saturated heterocycles. The molecule has 0 atom stereocenters. The van der Waals surface area contributed by atoms with Gasteiger partial charge in [-0.25, -0.2) is 0 Å². The van der Waals surface area contributed by atoms with Gasteiger partial charge < -0.3 is 14.8 Å². The SMILES string of the molecule is COc1ccc(N(OC)S(=O)(=O)c2cc(C(=O)NC3CCCCCC3)ccc2OC)cc1Cl. The number of anilines is 1. The molecule has 0 aromatic heterocycles. The zero-order valence-electron chi connectivity index (χ0n) is 19.0. The lowest BCUT2D eigenvalue weighted by molar-refractivity contribution is 0.0933. The predicted molar refractivity (Wildman–Crippen MR) is 127 cm³/mol. The van der Waals surface area contributed by atoms with Gasteiger partial charge >= 0.3 is 0 Å². The van der Waals surface area contributed by atoms with Gasteiger partial charge in [-0.2, -0.15) is 8.42 Å². The van der Waals surface area contributed by atoms with E-state index in [-0.39, 0.29) is 38.9 Å². The van der Waals surface area contributed by atoms with Crippen molar-refractivity contribution in [1.29, 1.82) is 0 Å². The summed E-state index contributed by atoms with van der Waals surface area (Å²) in [5.41, 5.74) is 0.390. The molecule has 1 amide bonds. The molecule has 1 aliphatic rings. The fraction of sp³-hybridized carbons (Fsp3) is 0.435. The maximum Gasteiger partial charge on any atom is 0.290 e. The number of ether oxygens (including phenoxy) is 2. The Kier molecular flexibility index (Phi) is 8.45. The third-order valence-corrected chi connectivity index (χ3v) is 7.59. The van der Waals surface area contributed by atoms with Crippen molar-refractivity contribution in [3.8, 4) is 11.5 Å². The number of hydrogen-bond acceptors (Lipinski definition) is 6. The molecule has 1 N–H and O–H groups in total. The van der Waals surface area contributed by atoms with Crippen molar-refractivity contribution < 1.29 is 27.5 Å². The van der Waals surface area contributed by atoms with Crippen molar-refractivity contribution in [1.82, 2.24) is 5.32 Å². The second-order valence-electron chi connectivity index (χ2n) is 7.76. The summed E-state index contributed by atoms with van der Waals surface area (Å²) in [7, 11) is -0.222. The van der Waals surface area contributed by atoms with Crippen molar-refractivity contribution in [3.63, 3.8) is 0 Å². The monoisotopic (exact) mass is 496 g/mol. The number of nitrogens with one attached hydrogen (secondary N) is 1. The molecule has 8 nitrogen and oxygen atoms in total. The lowest BCUT2D eigenvalue weighted by Crippen LogP contribution is -2.35. The molecule has 3 rings (SSSR count). The Balaban J connectivity index is 1.95. The smallest absolute Gasteiger partial charge is 0.290 e. The molecule has 0 spiro atoms. The molecule has 0 unspecified atom stereocenters. The topological polar surface area (TPSA) is 94.2 Å². The number of hydrogen-bond donors (Lipinski definition) is 1. The van der Waals surface area contributed by atoms with Gasteiger partial charge in [0.25, 0.3) is 15.9 Å². The lowest BCUT2D eigenvalue weighted by atomic mass is 10.1. The second-order valence-corrected chi connectivity index (χ2v) is 9.89. The first-order chi connectivity index (χ1) is 15.8. The summed E-state index contributed by atoms with van der Waals surface area (Å²) < 4.78 is 38.2. The Labute approximate surface area is 199 Å². The summed E-state index contributed by atoms with van der Waals surface area (Å²) in [4.78, 5) is 17.9. The van der Waals surface area contributed by atoms with Gasteiger partial charge in [0, 0.05) is 11.6 Å². The van der Waals surface area contributed by atoms with Crippen LogP contribution in [0, 0.1) is 0 Å². The van der Waals surface area contributed by atoms with Crippen molar-refractivity contribution >= 4 is 33.2 Å². The number of sulfonamides is 1. The zero-order chi connectivity index (χ0) is 24.0. The molecule has 1 fully saturated rings. The summed E-state index contributed by atoms with van der Waals surface area (Å²) in [6, 6.07) is 8.84. The molecular weight excluding hydrogens is 468 g/mol. The highest BCUT2D eigenvalue weighted by atomic mass is 35.5. The largest absolute Gasteiger partial charge is 0.495 e. The fourth-order valence-corrected chi connectivity index (χ4v) is 5.61. The first kappa shape index (κ1) is 25.1. The molecular formula is C23H29ClN2O6S. The average molecular weight is 497 g/mol. The molecule has 10 heteroatoms. The van der Waals surface area contributed by atoms with Gasteiger partial charge in [-0.3, -0.25) is 9.63 Å². The average Bonchev–Trinajstić information content (AvgIpc) is 3.07. The second kappa shape index (κ2) is 11.1. The van der Waals surface area contributed by atoms with Crippen LogP contribution in [0.5, 0.6) is 11.5 Å². The van der Waals surface area contributed by atoms with Crippen molar-refractivity contribution in [2.75, 3.05) is 25.8 Å². The van der Waals surface area contributed by atoms with Crippen LogP contribution in [0.1, 0.15) is 48.9 Å². The number of amides is 1. The maximum atomic E-state index is 13.5. The minimum atomic E-state index is -4.27. The molecule has 0 aliphatic heterocycles. The summed E-state index contributed by atoms with van der Waals surface area (Å²) in [6.07, 6.45) is 6.31. The van der Waals surface area contributed by atoms with Crippen molar-refractivity contribution in [3.05, 3.63) is 47.0 Å². The predicted octanol–water partition coefficient (Wildman–Crippen LogP) is 4.57. The summed E-state index contributed by atoms with van der Waals surface area (Å²) in [6.45, 7) is 0. The minimum Gasteiger partial charge on any atom is -0.495 e. The highest BCUT2D eigenvalue weighted by Crippen LogP contribution is 2.34. The van der Waals surface area contributed by atoms with E-state index in [2.05, 4.69) is 5.32 Å². The van der Waals surface area contributed by atoms with Crippen molar-refractivity contribution in [2.45, 2.75) is 49.5 Å². The van der Waals surface area contributed by atoms with Gasteiger partial charge in [0.05, 0.1) is 32.0 Å². The van der Waals surface area contributed by atoms with E-state index in [0.29, 0.717) is 5.75 Å². The third-order valence-electron chi connectivity index (χ3n) is 5.62. The van der Waals surface area contributed by atoms with Gasteiger partial charge in [0.1, 0.15) is 16.4 Å². The molecule has 0 bridgehead atoms. The number of carbonyl (C=O) groups is 1. The molecule has 1 aliphatic carbocycles. The number of halogens is 1. The quantitative estimate of drug-likeness (QED) is 0.425. The van der Waals surface area contributed by atoms with Gasteiger partial charge in [0.2, 0.25) is 0 Å². The van der Waals surface area contributed by atoms with E-state index in [4.69, 9.17) is 25.9 Å². The van der Waals surface area contributed by atoms with Gasteiger partial charge in [-0.1, -0.05) is 37.3 Å². The third kappa shape index (κ3) is 5.72. The summed E-state index contributed by atoms with van der Waals surface area (Å²) in [5.74, 6) is 0.156. The van der Waals surface area contributed by atoms with Crippen LogP contribution in [0.25, 0.3) is 0 Å². The maximum absolute atomic E-state index is 13.5. The van der Waals surface area contributed by atoms with Crippen LogP contribution in [0.15, 0.2) is 41.3 Å². The standard InChI is InChI=1S/C23H29ClN2O6S/c1-30-20-13-11-18(15-19(20)24)26(32-3)33(28,29)22-14-16(10-12-21(22)31-2)23(27)25-17-8-6-4-5-7-9-17/h10-15,17H,4-9H2,1-3H3,(H,25,27). The van der Waals surface area contributed by atoms with E-state index >= 15 is 0 Å². The minimum absolute atomic E-state index is 0.0825. The molecule has 0 heterocycles. The van der Waals surface area contributed by atoms with Crippen LogP contribution in [0.4, 0.5) is 5.69 Å². The van der Waals surface area contributed by atoms with Crippen LogP contribution in [-0.4, -0.2) is 41.7 Å². The van der Waals surface area contributed by atoms with Crippen LogP contribution >= 0.6 is 11.6 Å². The van der Waals surface area contributed by atoms with Crippen LogP contribution < -0.4 is 19.3 Å². The van der Waals surface area contributed by atoms with E-state index in [1.165, 1.54) is 64.5 Å². The van der Waals surface area contributed by atoms with Gasteiger partial charge in [-0.15, -0.1) is 4.47 Å².